The van der Waals surface area contributed by atoms with Crippen LogP contribution in [-0.4, -0.2) is 10.2 Å². The van der Waals surface area contributed by atoms with E-state index in [4.69, 9.17) is 4.42 Å². The van der Waals surface area contributed by atoms with Gasteiger partial charge in [-0.05, 0) is 12.1 Å². The molecule has 2 aromatic carbocycles. The minimum Gasteiger partial charge on any atom is -0.455 e. The molecular formula is C18H12N2O2. The largest absolute Gasteiger partial charge is 0.455 e. The molecule has 0 aliphatic carbocycles. The molecule has 0 atom stereocenters. The van der Waals surface area contributed by atoms with E-state index in [1.54, 1.807) is 6.07 Å². The van der Waals surface area contributed by atoms with Crippen molar-refractivity contribution < 1.29 is 4.42 Å². The van der Waals surface area contributed by atoms with Crippen LogP contribution in [0.4, 0.5) is 0 Å². The molecule has 2 aromatic heterocycles. The zero-order chi connectivity index (χ0) is 14.9. The zero-order valence-corrected chi connectivity index (χ0v) is 11.6. The fraction of sp³-hybridized carbons (Fsp3) is 0. The van der Waals surface area contributed by atoms with E-state index >= 15 is 0 Å². The minimum atomic E-state index is -0.224. The number of para-hydroxylation sites is 1. The van der Waals surface area contributed by atoms with Crippen molar-refractivity contribution in [1.29, 1.82) is 0 Å². The normalized spacial score (nSPS) is 10.9. The highest BCUT2D eigenvalue weighted by molar-refractivity contribution is 6.00. The average molecular weight is 288 g/mol. The zero-order valence-electron chi connectivity index (χ0n) is 11.6. The summed E-state index contributed by atoms with van der Waals surface area (Å²) in [6.45, 7) is 0. The van der Waals surface area contributed by atoms with Gasteiger partial charge in [0.25, 0.3) is 5.56 Å². The van der Waals surface area contributed by atoms with Gasteiger partial charge >= 0.3 is 0 Å². The highest BCUT2D eigenvalue weighted by Crippen LogP contribution is 2.39. The summed E-state index contributed by atoms with van der Waals surface area (Å²) in [7, 11) is 0. The van der Waals surface area contributed by atoms with Gasteiger partial charge in [-0.1, -0.05) is 48.5 Å². The summed E-state index contributed by atoms with van der Waals surface area (Å²) in [5.41, 5.74) is 3.12. The molecule has 0 saturated carbocycles. The van der Waals surface area contributed by atoms with Gasteiger partial charge in [0, 0.05) is 17.0 Å². The van der Waals surface area contributed by atoms with Crippen molar-refractivity contribution in [3.05, 3.63) is 77.1 Å². The lowest BCUT2D eigenvalue weighted by molar-refractivity contribution is 0.632. The summed E-state index contributed by atoms with van der Waals surface area (Å²) in [5.74, 6) is 0.751. The van der Waals surface area contributed by atoms with E-state index in [2.05, 4.69) is 10.2 Å². The first-order valence-corrected chi connectivity index (χ1v) is 6.96. The second-order valence-electron chi connectivity index (χ2n) is 4.97. The molecule has 0 aliphatic rings. The maximum absolute atomic E-state index is 11.3. The first-order chi connectivity index (χ1) is 10.8. The number of hydrogen-bond donors (Lipinski definition) is 1. The van der Waals surface area contributed by atoms with Crippen LogP contribution in [0.2, 0.25) is 0 Å². The Morgan fingerprint density at radius 1 is 0.864 bits per heavy atom. The van der Waals surface area contributed by atoms with Crippen LogP contribution in [0.3, 0.4) is 0 Å². The van der Waals surface area contributed by atoms with Crippen LogP contribution >= 0.6 is 0 Å². The summed E-state index contributed by atoms with van der Waals surface area (Å²) in [4.78, 5) is 11.3. The van der Waals surface area contributed by atoms with Crippen molar-refractivity contribution in [3.63, 3.8) is 0 Å². The molecule has 4 heteroatoms. The predicted molar refractivity (Wildman–Crippen MR) is 85.5 cm³/mol. The summed E-state index contributed by atoms with van der Waals surface area (Å²) in [5, 5.41) is 7.62. The summed E-state index contributed by atoms with van der Waals surface area (Å²) < 4.78 is 6.04. The van der Waals surface area contributed by atoms with Crippen molar-refractivity contribution in [2.24, 2.45) is 0 Å². The first kappa shape index (κ1) is 12.6. The second kappa shape index (κ2) is 5.00. The molecule has 22 heavy (non-hydrogen) atoms. The smallest absolute Gasteiger partial charge is 0.264 e. The minimum absolute atomic E-state index is 0.224. The van der Waals surface area contributed by atoms with Crippen molar-refractivity contribution >= 4 is 11.0 Å². The number of rotatable bonds is 2. The molecule has 106 valence electrons. The van der Waals surface area contributed by atoms with Crippen molar-refractivity contribution in [2.45, 2.75) is 0 Å². The van der Waals surface area contributed by atoms with Gasteiger partial charge in [-0.15, -0.1) is 0 Å². The van der Waals surface area contributed by atoms with E-state index in [9.17, 15) is 4.79 Å². The van der Waals surface area contributed by atoms with Gasteiger partial charge in [-0.2, -0.15) is 5.10 Å². The number of H-pyrrole nitrogens is 1. The van der Waals surface area contributed by atoms with Crippen LogP contribution in [0.25, 0.3) is 33.6 Å². The van der Waals surface area contributed by atoms with Crippen LogP contribution in [0, 0.1) is 0 Å². The highest BCUT2D eigenvalue weighted by atomic mass is 16.3. The molecule has 0 aliphatic heterocycles. The van der Waals surface area contributed by atoms with Crippen LogP contribution < -0.4 is 5.56 Å². The lowest BCUT2D eigenvalue weighted by Crippen LogP contribution is -2.05. The van der Waals surface area contributed by atoms with Gasteiger partial charge in [-0.3, -0.25) is 4.79 Å². The Morgan fingerprint density at radius 3 is 2.41 bits per heavy atom. The Bertz CT molecular complexity index is 980. The molecule has 0 unspecified atom stereocenters. The molecule has 0 bridgehead atoms. The number of furan rings is 1. The van der Waals surface area contributed by atoms with Crippen molar-refractivity contribution in [3.8, 4) is 22.6 Å². The Kier molecular flexibility index (Phi) is 2.86. The fourth-order valence-corrected chi connectivity index (χ4v) is 2.58. The Labute approximate surface area is 126 Å². The van der Waals surface area contributed by atoms with E-state index in [-0.39, 0.29) is 5.56 Å². The number of aromatic amines is 1. The number of aromatic nitrogens is 2. The lowest BCUT2D eigenvalue weighted by atomic mass is 10.0. The Hall–Kier alpha value is -3.14. The number of nitrogens with zero attached hydrogens (tertiary/aromatic N) is 1. The van der Waals surface area contributed by atoms with Crippen LogP contribution in [-0.2, 0) is 0 Å². The molecule has 2 heterocycles. The lowest BCUT2D eigenvalue weighted by Gasteiger charge is -2.02. The number of hydrogen-bond acceptors (Lipinski definition) is 3. The molecule has 4 nitrogen and oxygen atoms in total. The third-order valence-electron chi connectivity index (χ3n) is 3.57. The van der Waals surface area contributed by atoms with Gasteiger partial charge in [0.1, 0.15) is 11.3 Å². The van der Waals surface area contributed by atoms with Gasteiger partial charge < -0.3 is 4.42 Å². The number of nitrogens with one attached hydrogen (secondary N) is 1. The van der Waals surface area contributed by atoms with Crippen LogP contribution in [0.1, 0.15) is 0 Å². The number of benzene rings is 2. The molecule has 0 spiro atoms. The third-order valence-corrected chi connectivity index (χ3v) is 3.57. The van der Waals surface area contributed by atoms with E-state index in [1.807, 2.05) is 54.6 Å². The van der Waals surface area contributed by atoms with Gasteiger partial charge in [0.05, 0.1) is 11.3 Å². The third kappa shape index (κ3) is 2.02. The van der Waals surface area contributed by atoms with E-state index in [1.165, 1.54) is 6.07 Å². The first-order valence-electron chi connectivity index (χ1n) is 6.96. The summed E-state index contributed by atoms with van der Waals surface area (Å²) >= 11 is 0. The summed E-state index contributed by atoms with van der Waals surface area (Å²) in [6.07, 6.45) is 0. The highest BCUT2D eigenvalue weighted by Gasteiger charge is 2.18. The van der Waals surface area contributed by atoms with Crippen molar-refractivity contribution in [2.75, 3.05) is 0 Å². The summed E-state index contributed by atoms with van der Waals surface area (Å²) in [6, 6.07) is 20.9. The second-order valence-corrected chi connectivity index (χ2v) is 4.97. The molecule has 4 aromatic rings. The van der Waals surface area contributed by atoms with E-state index in [0.29, 0.717) is 5.69 Å². The van der Waals surface area contributed by atoms with Gasteiger partial charge in [-0.25, -0.2) is 5.10 Å². The van der Waals surface area contributed by atoms with Crippen LogP contribution in [0.5, 0.6) is 0 Å². The molecule has 1 N–H and O–H groups in total. The van der Waals surface area contributed by atoms with Gasteiger partial charge in [0.15, 0.2) is 0 Å². The fourth-order valence-electron chi connectivity index (χ4n) is 2.58. The topological polar surface area (TPSA) is 58.9 Å². The Morgan fingerprint density at radius 2 is 1.64 bits per heavy atom. The Balaban J connectivity index is 2.06. The quantitative estimate of drug-likeness (QED) is 0.609. The number of fused-ring (bicyclic) bond motifs is 1. The predicted octanol–water partition coefficient (Wildman–Crippen LogP) is 3.85. The average Bonchev–Trinajstić information content (AvgIpc) is 2.96. The molecular weight excluding hydrogens is 276 g/mol. The molecule has 4 rings (SSSR count). The van der Waals surface area contributed by atoms with Gasteiger partial charge in [0.2, 0.25) is 0 Å². The van der Waals surface area contributed by atoms with Crippen molar-refractivity contribution in [1.82, 2.24) is 10.2 Å². The monoisotopic (exact) mass is 288 g/mol. The molecule has 0 fully saturated rings. The van der Waals surface area contributed by atoms with Crippen LogP contribution in [0.15, 0.2) is 75.9 Å². The standard InChI is InChI=1S/C18H12N2O2/c21-16-11-10-14(19-20-16)17-13-8-4-5-9-15(13)22-18(17)12-6-2-1-3-7-12/h1-11H,(H,20,21). The van der Waals surface area contributed by atoms with E-state index in [0.717, 1.165) is 27.9 Å². The van der Waals surface area contributed by atoms with E-state index < -0.39 is 0 Å². The maximum Gasteiger partial charge on any atom is 0.264 e. The SMILES string of the molecule is O=c1ccc(-c2c(-c3ccccc3)oc3ccccc23)n[nH]1. The molecule has 0 saturated heterocycles. The maximum atomic E-state index is 11.3. The molecule has 0 amide bonds. The molecule has 0 radical (unpaired) electrons.